The Kier molecular flexibility index (Phi) is 4.37. The maximum atomic E-state index is 12.0. The molecule has 0 saturated carbocycles. The van der Waals surface area contributed by atoms with Crippen LogP contribution in [0.25, 0.3) is 0 Å². The van der Waals surface area contributed by atoms with Gasteiger partial charge in [0, 0.05) is 28.9 Å². The summed E-state index contributed by atoms with van der Waals surface area (Å²) in [5.74, 6) is 0.325. The van der Waals surface area contributed by atoms with Crippen LogP contribution in [-0.4, -0.2) is 4.98 Å². The van der Waals surface area contributed by atoms with Crippen LogP contribution >= 0.6 is 0 Å². The van der Waals surface area contributed by atoms with Crippen LogP contribution in [0.4, 0.5) is 5.69 Å². The van der Waals surface area contributed by atoms with E-state index in [2.05, 4.69) is 81.3 Å². The molecule has 3 heteroatoms. The zero-order valence-electron chi connectivity index (χ0n) is 17.5. The van der Waals surface area contributed by atoms with Gasteiger partial charge in [0.25, 0.3) is 0 Å². The van der Waals surface area contributed by atoms with E-state index in [1.54, 1.807) is 6.07 Å². The average Bonchev–Trinajstić information content (AvgIpc) is 2.60. The Labute approximate surface area is 167 Å². The normalized spacial score (nSPS) is 25.2. The highest BCUT2D eigenvalue weighted by molar-refractivity contribution is 5.59. The maximum absolute atomic E-state index is 12.0. The van der Waals surface area contributed by atoms with Crippen molar-refractivity contribution in [3.63, 3.8) is 0 Å². The highest BCUT2D eigenvalue weighted by atomic mass is 16.1. The van der Waals surface area contributed by atoms with Crippen molar-refractivity contribution in [3.05, 3.63) is 86.9 Å². The lowest BCUT2D eigenvalue weighted by Gasteiger charge is -2.48. The molecule has 0 radical (unpaired) electrons. The highest BCUT2D eigenvalue weighted by Gasteiger charge is 2.46. The molecule has 146 valence electrons. The number of rotatable bonds is 2. The lowest BCUT2D eigenvalue weighted by molar-refractivity contribution is 0.440. The van der Waals surface area contributed by atoms with Gasteiger partial charge >= 0.3 is 0 Å². The number of hydrogen-bond acceptors (Lipinski definition) is 2. The van der Waals surface area contributed by atoms with Gasteiger partial charge in [0.2, 0.25) is 5.56 Å². The van der Waals surface area contributed by atoms with Crippen molar-refractivity contribution in [2.24, 2.45) is 5.92 Å². The first-order chi connectivity index (χ1) is 13.2. The number of H-pyrrole nitrogens is 1. The molecule has 0 saturated heterocycles. The molecule has 2 aromatic rings. The van der Waals surface area contributed by atoms with Crippen LogP contribution in [0.15, 0.2) is 64.5 Å². The van der Waals surface area contributed by atoms with Crippen LogP contribution < -0.4 is 10.9 Å². The van der Waals surface area contributed by atoms with Gasteiger partial charge in [-0.1, -0.05) is 50.6 Å². The summed E-state index contributed by atoms with van der Waals surface area (Å²) < 4.78 is 0. The van der Waals surface area contributed by atoms with Crippen molar-refractivity contribution < 1.29 is 0 Å². The van der Waals surface area contributed by atoms with Gasteiger partial charge in [-0.15, -0.1) is 0 Å². The number of benzene rings is 1. The molecule has 1 aromatic heterocycles. The fraction of sp³-hybridized carbons (Fsp3) is 0.400. The van der Waals surface area contributed by atoms with E-state index in [0.717, 1.165) is 24.2 Å². The Morgan fingerprint density at radius 1 is 1.14 bits per heavy atom. The van der Waals surface area contributed by atoms with Crippen LogP contribution in [-0.2, 0) is 17.4 Å². The van der Waals surface area contributed by atoms with Crippen molar-refractivity contribution in [3.8, 4) is 0 Å². The van der Waals surface area contributed by atoms with Gasteiger partial charge in [-0.2, -0.15) is 0 Å². The van der Waals surface area contributed by atoms with Crippen molar-refractivity contribution in [2.45, 2.75) is 58.4 Å². The SMILES string of the molecule is C/C=C1\[C@H]2C=C(C)C[C@]1(Nc1ccc(C(C)(C)C)cc1)c1ccc(=O)[nH]c1C2. The third-order valence-electron chi connectivity index (χ3n) is 6.23. The molecule has 0 spiro atoms. The number of fused-ring (bicyclic) bond motifs is 4. The molecule has 3 nitrogen and oxygen atoms in total. The maximum Gasteiger partial charge on any atom is 0.248 e. The van der Waals surface area contributed by atoms with E-state index in [1.165, 1.54) is 22.3 Å². The van der Waals surface area contributed by atoms with E-state index < -0.39 is 0 Å². The molecule has 2 aliphatic carbocycles. The molecule has 2 atom stereocenters. The summed E-state index contributed by atoms with van der Waals surface area (Å²) in [4.78, 5) is 15.1. The second-order valence-electron chi connectivity index (χ2n) is 9.32. The molecule has 2 N–H and O–H groups in total. The second kappa shape index (κ2) is 6.51. The fourth-order valence-electron chi connectivity index (χ4n) is 4.99. The Hall–Kier alpha value is -2.55. The van der Waals surface area contributed by atoms with Crippen LogP contribution in [0.1, 0.15) is 57.9 Å². The van der Waals surface area contributed by atoms with Gasteiger partial charge in [0.15, 0.2) is 0 Å². The number of allylic oxidation sites excluding steroid dienone is 2. The van der Waals surface area contributed by atoms with Crippen LogP contribution in [0, 0.1) is 5.92 Å². The molecule has 0 aliphatic heterocycles. The number of aromatic amines is 1. The summed E-state index contributed by atoms with van der Waals surface area (Å²) in [5.41, 5.74) is 7.30. The largest absolute Gasteiger partial charge is 0.371 e. The Bertz CT molecular complexity index is 1020. The number of nitrogens with one attached hydrogen (secondary N) is 2. The third-order valence-corrected chi connectivity index (χ3v) is 6.23. The van der Waals surface area contributed by atoms with Crippen LogP contribution in [0.5, 0.6) is 0 Å². The predicted octanol–water partition coefficient (Wildman–Crippen LogP) is 5.45. The minimum absolute atomic E-state index is 0.0221. The number of hydrogen-bond donors (Lipinski definition) is 2. The fourth-order valence-corrected chi connectivity index (χ4v) is 4.99. The molecular formula is C25H30N2O. The number of pyridine rings is 1. The lowest BCUT2D eigenvalue weighted by atomic mass is 9.63. The van der Waals surface area contributed by atoms with E-state index in [-0.39, 0.29) is 16.5 Å². The Balaban J connectivity index is 1.84. The summed E-state index contributed by atoms with van der Waals surface area (Å²) in [6, 6.07) is 12.5. The van der Waals surface area contributed by atoms with E-state index in [9.17, 15) is 4.79 Å². The van der Waals surface area contributed by atoms with E-state index in [0.29, 0.717) is 5.92 Å². The van der Waals surface area contributed by atoms with Crippen molar-refractivity contribution in [1.29, 1.82) is 0 Å². The first-order valence-electron chi connectivity index (χ1n) is 10.2. The summed E-state index contributed by atoms with van der Waals surface area (Å²) in [5, 5.41) is 3.88. The van der Waals surface area contributed by atoms with Crippen molar-refractivity contribution in [1.82, 2.24) is 4.98 Å². The average molecular weight is 375 g/mol. The van der Waals surface area contributed by atoms with Gasteiger partial charge in [0.1, 0.15) is 0 Å². The van der Waals surface area contributed by atoms with Gasteiger partial charge in [-0.05, 0) is 61.4 Å². The van der Waals surface area contributed by atoms with Gasteiger partial charge in [0.05, 0.1) is 5.54 Å². The first kappa shape index (κ1) is 18.8. The summed E-state index contributed by atoms with van der Waals surface area (Å²) in [7, 11) is 0. The summed E-state index contributed by atoms with van der Waals surface area (Å²) in [6.07, 6.45) is 6.39. The molecular weight excluding hydrogens is 344 g/mol. The Morgan fingerprint density at radius 3 is 2.50 bits per heavy atom. The van der Waals surface area contributed by atoms with E-state index >= 15 is 0 Å². The van der Waals surface area contributed by atoms with E-state index in [4.69, 9.17) is 0 Å². The first-order valence-corrected chi connectivity index (χ1v) is 10.2. The topological polar surface area (TPSA) is 44.9 Å². The Morgan fingerprint density at radius 2 is 1.86 bits per heavy atom. The zero-order chi connectivity index (χ0) is 20.1. The molecule has 0 unspecified atom stereocenters. The van der Waals surface area contributed by atoms with Crippen LogP contribution in [0.3, 0.4) is 0 Å². The minimum atomic E-state index is -0.306. The highest BCUT2D eigenvalue weighted by Crippen LogP contribution is 2.51. The monoisotopic (exact) mass is 374 g/mol. The molecule has 2 aliphatic rings. The van der Waals surface area contributed by atoms with Crippen molar-refractivity contribution in [2.75, 3.05) is 5.32 Å². The summed E-state index contributed by atoms with van der Waals surface area (Å²) in [6.45, 7) is 11.1. The smallest absolute Gasteiger partial charge is 0.248 e. The van der Waals surface area contributed by atoms with E-state index in [1.807, 2.05) is 6.07 Å². The minimum Gasteiger partial charge on any atom is -0.371 e. The zero-order valence-corrected chi connectivity index (χ0v) is 17.5. The molecule has 0 fully saturated rings. The van der Waals surface area contributed by atoms with Gasteiger partial charge < -0.3 is 10.3 Å². The summed E-state index contributed by atoms with van der Waals surface area (Å²) >= 11 is 0. The number of anilines is 1. The van der Waals surface area contributed by atoms with Gasteiger partial charge in [-0.25, -0.2) is 0 Å². The van der Waals surface area contributed by atoms with Crippen LogP contribution in [0.2, 0.25) is 0 Å². The molecule has 1 heterocycles. The standard InChI is InChI=1S/C25H30N2O/c1-6-20-17-13-16(2)15-25(20,21-11-12-23(28)26-22(21)14-17)27-19-9-7-18(8-10-19)24(3,4)5/h6-13,17,27H,14-15H2,1-5H3,(H,26,28)/b20-6+/t17-,25+/m0/s1. The quantitative estimate of drug-likeness (QED) is 0.687. The molecule has 2 bridgehead atoms. The van der Waals surface area contributed by atoms with Gasteiger partial charge in [-0.3, -0.25) is 4.79 Å². The molecule has 28 heavy (non-hydrogen) atoms. The van der Waals surface area contributed by atoms with Crippen molar-refractivity contribution >= 4 is 5.69 Å². The third kappa shape index (κ3) is 3.03. The molecule has 4 rings (SSSR count). The molecule has 0 amide bonds. The molecule has 1 aromatic carbocycles. The second-order valence-corrected chi connectivity index (χ2v) is 9.32. The number of aromatic nitrogens is 1. The predicted molar refractivity (Wildman–Crippen MR) is 117 cm³/mol. The lowest BCUT2D eigenvalue weighted by Crippen LogP contribution is -2.47.